The summed E-state index contributed by atoms with van der Waals surface area (Å²) in [5, 5.41) is 10.6. The van der Waals surface area contributed by atoms with Gasteiger partial charge >= 0.3 is 39.5 Å². The summed E-state index contributed by atoms with van der Waals surface area (Å²) in [4.78, 5) is 72.7. The van der Waals surface area contributed by atoms with Crippen LogP contribution in [0.1, 0.15) is 382 Å². The molecule has 19 heteroatoms. The van der Waals surface area contributed by atoms with Crippen LogP contribution in [0.2, 0.25) is 0 Å². The van der Waals surface area contributed by atoms with E-state index in [0.717, 1.165) is 102 Å². The lowest BCUT2D eigenvalue weighted by atomic mass is 10.0. The molecule has 0 radical (unpaired) electrons. The number of phosphoric ester groups is 2. The van der Waals surface area contributed by atoms with Crippen LogP contribution in [0.3, 0.4) is 0 Å². The molecule has 3 N–H and O–H groups in total. The van der Waals surface area contributed by atoms with Gasteiger partial charge in [0.1, 0.15) is 19.3 Å². The third-order valence-corrected chi connectivity index (χ3v) is 19.1. The van der Waals surface area contributed by atoms with E-state index in [2.05, 4.69) is 41.5 Å². The molecular weight excluding hydrogens is 1220 g/mol. The second-order valence-electron chi connectivity index (χ2n) is 27.6. The summed E-state index contributed by atoms with van der Waals surface area (Å²) in [6.07, 6.45) is 52.8. The second kappa shape index (κ2) is 66.0. The van der Waals surface area contributed by atoms with Crippen molar-refractivity contribution in [2.24, 2.45) is 11.8 Å². The van der Waals surface area contributed by atoms with Crippen LogP contribution in [0, 0.1) is 11.8 Å². The molecule has 0 aromatic rings. The highest BCUT2D eigenvalue weighted by Gasteiger charge is 2.30. The normalized spacial score (nSPS) is 14.1. The SMILES string of the molecule is CCCCCCCCCCCCCCCCCCCCC(=O)O[C@H](COC(=O)CCCCCCCCCCCCCCC)COP(=O)(O)OC[C@@H](O)COP(=O)(O)OC[C@@H](COC(=O)CCCCCCCCCCC(C)C)OC(=O)CCCCCCCCCCC(C)C. The zero-order valence-electron chi connectivity index (χ0n) is 60.6. The highest BCUT2D eigenvalue weighted by molar-refractivity contribution is 7.47. The average Bonchev–Trinajstić information content (AvgIpc) is 2.41. The number of phosphoric acid groups is 2. The lowest BCUT2D eigenvalue weighted by molar-refractivity contribution is -0.161. The van der Waals surface area contributed by atoms with Gasteiger partial charge in [0.25, 0.3) is 0 Å². The van der Waals surface area contributed by atoms with Gasteiger partial charge in [-0.05, 0) is 37.5 Å². The quantitative estimate of drug-likeness (QED) is 0.0222. The van der Waals surface area contributed by atoms with Gasteiger partial charge in [-0.1, -0.05) is 330 Å². The summed E-state index contributed by atoms with van der Waals surface area (Å²) in [6.45, 7) is 9.51. The number of esters is 4. The van der Waals surface area contributed by atoms with Gasteiger partial charge in [0.2, 0.25) is 0 Å². The van der Waals surface area contributed by atoms with E-state index in [-0.39, 0.29) is 25.7 Å². The zero-order valence-corrected chi connectivity index (χ0v) is 62.3. The maximum absolute atomic E-state index is 13.1. The average molecular weight is 1370 g/mol. The van der Waals surface area contributed by atoms with Gasteiger partial charge in [0.05, 0.1) is 26.4 Å². The topological polar surface area (TPSA) is 237 Å². The number of aliphatic hydroxyl groups is 1. The van der Waals surface area contributed by atoms with E-state index in [1.54, 1.807) is 0 Å². The largest absolute Gasteiger partial charge is 0.472 e. The monoisotopic (exact) mass is 1370 g/mol. The van der Waals surface area contributed by atoms with Crippen molar-refractivity contribution in [3.05, 3.63) is 0 Å². The number of ether oxygens (including phenoxy) is 4. The number of aliphatic hydroxyl groups excluding tert-OH is 1. The van der Waals surface area contributed by atoms with Crippen molar-refractivity contribution in [1.82, 2.24) is 0 Å². The van der Waals surface area contributed by atoms with Crippen LogP contribution in [0.4, 0.5) is 0 Å². The molecule has 0 spiro atoms. The lowest BCUT2D eigenvalue weighted by Gasteiger charge is -2.21. The first-order valence-electron chi connectivity index (χ1n) is 38.5. The van der Waals surface area contributed by atoms with Gasteiger partial charge in [0.15, 0.2) is 12.2 Å². The van der Waals surface area contributed by atoms with E-state index < -0.39 is 97.5 Å². The molecule has 0 amide bonds. The highest BCUT2D eigenvalue weighted by atomic mass is 31.2. The van der Waals surface area contributed by atoms with Crippen molar-refractivity contribution in [3.63, 3.8) is 0 Å². The summed E-state index contributed by atoms with van der Waals surface area (Å²) in [5.74, 6) is -0.675. The third kappa shape index (κ3) is 68.4. The smallest absolute Gasteiger partial charge is 0.462 e. The van der Waals surface area contributed by atoms with Crippen molar-refractivity contribution in [1.29, 1.82) is 0 Å². The summed E-state index contributed by atoms with van der Waals surface area (Å²) in [7, 11) is -9.91. The van der Waals surface area contributed by atoms with Crippen molar-refractivity contribution in [3.8, 4) is 0 Å². The molecule has 0 fully saturated rings. The van der Waals surface area contributed by atoms with E-state index >= 15 is 0 Å². The molecule has 0 aliphatic heterocycles. The Morgan fingerprint density at radius 3 is 0.731 bits per heavy atom. The molecule has 0 aromatic heterocycles. The molecule has 0 saturated heterocycles. The van der Waals surface area contributed by atoms with Gasteiger partial charge < -0.3 is 33.8 Å². The lowest BCUT2D eigenvalue weighted by Crippen LogP contribution is -2.30. The Kier molecular flexibility index (Phi) is 64.6. The van der Waals surface area contributed by atoms with E-state index in [1.807, 2.05) is 0 Å². The number of unbranched alkanes of at least 4 members (excludes halogenated alkanes) is 43. The molecule has 5 atom stereocenters. The molecule has 0 saturated carbocycles. The number of rotatable bonds is 73. The van der Waals surface area contributed by atoms with Crippen LogP contribution >= 0.6 is 15.6 Å². The van der Waals surface area contributed by atoms with E-state index in [0.29, 0.717) is 25.7 Å². The van der Waals surface area contributed by atoms with Crippen LogP contribution in [0.5, 0.6) is 0 Å². The van der Waals surface area contributed by atoms with Crippen LogP contribution in [0.15, 0.2) is 0 Å². The number of hydrogen-bond donors (Lipinski definition) is 3. The third-order valence-electron chi connectivity index (χ3n) is 17.2. The van der Waals surface area contributed by atoms with Crippen molar-refractivity contribution >= 4 is 39.5 Å². The molecule has 0 aromatic carbocycles. The fraction of sp³-hybridized carbons (Fsp3) is 0.946. The molecule has 0 bridgehead atoms. The fourth-order valence-electron chi connectivity index (χ4n) is 11.3. The maximum atomic E-state index is 13.1. The minimum absolute atomic E-state index is 0.104. The molecule has 2 unspecified atom stereocenters. The standard InChI is InChI=1S/C74H144O17P2/c1-7-9-11-13-15-17-19-21-22-23-24-25-27-29-31-40-46-52-58-73(78)90-69(62-84-71(76)56-50-44-38-30-28-26-20-18-16-14-12-10-8-2)64-88-92(80,81)86-60-68(75)61-87-93(82,83)89-65-70(91-74(79)59-53-47-41-35-33-37-43-49-55-67(5)6)63-85-72(77)57-51-45-39-34-32-36-42-48-54-66(3)4/h66-70,75H,7-65H2,1-6H3,(H,80,81)(H,82,83)/t68-,69-,70-/m1/s1. The molecule has 93 heavy (non-hydrogen) atoms. The van der Waals surface area contributed by atoms with Crippen LogP contribution in [-0.4, -0.2) is 96.7 Å². The van der Waals surface area contributed by atoms with E-state index in [4.69, 9.17) is 37.0 Å². The minimum Gasteiger partial charge on any atom is -0.462 e. The Bertz CT molecular complexity index is 1800. The maximum Gasteiger partial charge on any atom is 0.472 e. The summed E-state index contributed by atoms with van der Waals surface area (Å²) >= 11 is 0. The number of hydrogen-bond acceptors (Lipinski definition) is 15. The first kappa shape index (κ1) is 91.1. The Morgan fingerprint density at radius 2 is 0.495 bits per heavy atom. The van der Waals surface area contributed by atoms with Gasteiger partial charge in [-0.25, -0.2) is 9.13 Å². The zero-order chi connectivity index (χ0) is 68.6. The van der Waals surface area contributed by atoms with Crippen molar-refractivity contribution in [2.75, 3.05) is 39.6 Å². The van der Waals surface area contributed by atoms with Crippen LogP contribution in [-0.2, 0) is 65.4 Å². The molecule has 0 heterocycles. The Balaban J connectivity index is 5.23. The fourth-order valence-corrected chi connectivity index (χ4v) is 12.9. The van der Waals surface area contributed by atoms with Gasteiger partial charge in [0, 0.05) is 25.7 Å². The Hall–Kier alpha value is -1.94. The predicted octanol–water partition coefficient (Wildman–Crippen LogP) is 21.6. The van der Waals surface area contributed by atoms with Crippen LogP contribution < -0.4 is 0 Å². The predicted molar refractivity (Wildman–Crippen MR) is 377 cm³/mol. The van der Waals surface area contributed by atoms with Gasteiger partial charge in [-0.3, -0.25) is 37.3 Å². The van der Waals surface area contributed by atoms with Crippen molar-refractivity contribution < 1.29 is 80.2 Å². The molecule has 0 aliphatic rings. The summed E-state index contributed by atoms with van der Waals surface area (Å²) in [6, 6.07) is 0. The molecule has 0 rings (SSSR count). The van der Waals surface area contributed by atoms with Gasteiger partial charge in [-0.15, -0.1) is 0 Å². The van der Waals surface area contributed by atoms with E-state index in [1.165, 1.54) is 199 Å². The molecule has 552 valence electrons. The molecular formula is C74H144O17P2. The number of carbonyl (C=O) groups excluding carboxylic acids is 4. The number of carbonyl (C=O) groups is 4. The summed E-state index contributed by atoms with van der Waals surface area (Å²) in [5.41, 5.74) is 0. The second-order valence-corrected chi connectivity index (χ2v) is 30.5. The Labute approximate surface area is 568 Å². The van der Waals surface area contributed by atoms with Crippen molar-refractivity contribution in [2.45, 2.75) is 400 Å². The molecule has 0 aliphatic carbocycles. The first-order valence-corrected chi connectivity index (χ1v) is 41.5. The minimum atomic E-state index is -4.95. The van der Waals surface area contributed by atoms with E-state index in [9.17, 15) is 43.2 Å². The first-order chi connectivity index (χ1) is 44.9. The highest BCUT2D eigenvalue weighted by Crippen LogP contribution is 2.45. The van der Waals surface area contributed by atoms with Gasteiger partial charge in [-0.2, -0.15) is 0 Å². The Morgan fingerprint density at radius 1 is 0.290 bits per heavy atom. The summed E-state index contributed by atoms with van der Waals surface area (Å²) < 4.78 is 68.4. The van der Waals surface area contributed by atoms with Crippen LogP contribution in [0.25, 0.3) is 0 Å². The molecule has 17 nitrogen and oxygen atoms in total.